The molecule has 2 atom stereocenters. The molecule has 0 saturated carbocycles. The van der Waals surface area contributed by atoms with Gasteiger partial charge in [0.15, 0.2) is 0 Å². The van der Waals surface area contributed by atoms with Crippen molar-refractivity contribution in [3.05, 3.63) is 38.7 Å². The summed E-state index contributed by atoms with van der Waals surface area (Å²) in [5, 5.41) is 0.204. The van der Waals surface area contributed by atoms with E-state index in [1.807, 2.05) is 19.0 Å². The Morgan fingerprint density at radius 1 is 1.33 bits per heavy atom. The van der Waals surface area contributed by atoms with Crippen LogP contribution in [0.3, 0.4) is 0 Å². The van der Waals surface area contributed by atoms with Gasteiger partial charge in [-0.2, -0.15) is 0 Å². The van der Waals surface area contributed by atoms with Crippen molar-refractivity contribution in [3.63, 3.8) is 0 Å². The fourth-order valence-corrected chi connectivity index (χ4v) is 3.35. The second-order valence-electron chi connectivity index (χ2n) is 6.44. The summed E-state index contributed by atoms with van der Waals surface area (Å²) in [6.45, 7) is 3.48. The zero-order valence-corrected chi connectivity index (χ0v) is 14.0. The van der Waals surface area contributed by atoms with Crippen LogP contribution < -0.4 is 11.2 Å². The van der Waals surface area contributed by atoms with E-state index in [1.54, 1.807) is 0 Å². The van der Waals surface area contributed by atoms with Crippen molar-refractivity contribution in [1.82, 2.24) is 24.8 Å². The topological polar surface area (TPSA) is 102 Å². The lowest BCUT2D eigenvalue weighted by atomic mass is 10.0. The maximum absolute atomic E-state index is 12.8. The number of nitrogens with one attached hydrogen (secondary N) is 2. The molecule has 1 fully saturated rings. The Morgan fingerprint density at radius 2 is 2.08 bits per heavy atom. The minimum absolute atomic E-state index is 0.141. The molecule has 0 aliphatic carbocycles. The van der Waals surface area contributed by atoms with E-state index in [-0.39, 0.29) is 16.9 Å². The monoisotopic (exact) mass is 331 g/mol. The number of likely N-dealkylation sites (tertiary alicyclic amines) is 1. The van der Waals surface area contributed by atoms with Gasteiger partial charge in [0.25, 0.3) is 11.5 Å². The number of carbonyl (C=O) groups is 1. The largest absolute Gasteiger partial charge is 0.337 e. The molecule has 0 unspecified atom stereocenters. The lowest BCUT2D eigenvalue weighted by Gasteiger charge is -2.23. The van der Waals surface area contributed by atoms with Crippen molar-refractivity contribution in [3.8, 4) is 0 Å². The predicted octanol–water partition coefficient (Wildman–Crippen LogP) is 0.0236. The number of aromatic amines is 2. The molecule has 24 heavy (non-hydrogen) atoms. The number of hydrogen-bond acceptors (Lipinski definition) is 5. The number of pyridine rings is 1. The number of amides is 1. The fraction of sp³-hybridized carbons (Fsp3) is 0.500. The smallest absolute Gasteiger partial charge is 0.327 e. The van der Waals surface area contributed by atoms with Gasteiger partial charge in [-0.05, 0) is 26.1 Å². The van der Waals surface area contributed by atoms with E-state index in [9.17, 15) is 14.4 Å². The molecular weight excluding hydrogens is 310 g/mol. The Balaban J connectivity index is 1.92. The standard InChI is InChI=1S/C16H21N5O3/c1-4-9-7-21(8-12(9)20(2)3)15(23)10-5-11-13(17-6-10)18-16(24)19-14(11)22/h5-6,9,12H,4,7-8H2,1-3H3,(H2,17,18,19,22,24)/t9-,12+/m0/s1. The third-order valence-corrected chi connectivity index (χ3v) is 4.72. The van der Waals surface area contributed by atoms with Crippen molar-refractivity contribution >= 4 is 16.9 Å². The molecule has 1 aliphatic rings. The summed E-state index contributed by atoms with van der Waals surface area (Å²) in [6, 6.07) is 1.82. The van der Waals surface area contributed by atoms with Gasteiger partial charge in [-0.3, -0.25) is 19.6 Å². The van der Waals surface area contributed by atoms with Crippen molar-refractivity contribution in [2.75, 3.05) is 27.2 Å². The molecule has 0 radical (unpaired) electrons. The van der Waals surface area contributed by atoms with Gasteiger partial charge in [-0.25, -0.2) is 9.78 Å². The number of likely N-dealkylation sites (N-methyl/N-ethyl adjacent to an activating group) is 1. The van der Waals surface area contributed by atoms with E-state index in [0.29, 0.717) is 30.6 Å². The lowest BCUT2D eigenvalue weighted by molar-refractivity contribution is 0.0781. The number of H-pyrrole nitrogens is 2. The highest BCUT2D eigenvalue weighted by atomic mass is 16.2. The molecular formula is C16H21N5O3. The Hall–Kier alpha value is -2.48. The Labute approximate surface area is 138 Å². The molecule has 2 aromatic rings. The SMILES string of the molecule is CC[C@H]1CN(C(=O)c2cnc3[nH]c(=O)[nH]c(=O)c3c2)C[C@H]1N(C)C. The van der Waals surface area contributed by atoms with Gasteiger partial charge in [-0.15, -0.1) is 0 Å². The van der Waals surface area contributed by atoms with Crippen LogP contribution in [-0.4, -0.2) is 63.9 Å². The van der Waals surface area contributed by atoms with E-state index in [0.717, 1.165) is 6.42 Å². The first-order chi connectivity index (χ1) is 11.4. The quantitative estimate of drug-likeness (QED) is 0.826. The van der Waals surface area contributed by atoms with Crippen LogP contribution in [0, 0.1) is 5.92 Å². The van der Waals surface area contributed by atoms with Gasteiger partial charge in [0.1, 0.15) is 5.65 Å². The highest BCUT2D eigenvalue weighted by Crippen LogP contribution is 2.25. The van der Waals surface area contributed by atoms with Crippen LogP contribution in [0.2, 0.25) is 0 Å². The second kappa shape index (κ2) is 6.20. The number of nitrogens with zero attached hydrogens (tertiary/aromatic N) is 3. The molecule has 0 spiro atoms. The first-order valence-corrected chi connectivity index (χ1v) is 7.98. The van der Waals surface area contributed by atoms with Crippen molar-refractivity contribution < 1.29 is 4.79 Å². The molecule has 3 rings (SSSR count). The van der Waals surface area contributed by atoms with Gasteiger partial charge in [0, 0.05) is 25.3 Å². The summed E-state index contributed by atoms with van der Waals surface area (Å²) in [5.74, 6) is 0.287. The third kappa shape index (κ3) is 2.84. The maximum atomic E-state index is 12.8. The number of aromatic nitrogens is 3. The molecule has 8 heteroatoms. The molecule has 0 aromatic carbocycles. The summed E-state index contributed by atoms with van der Waals surface area (Å²) in [6.07, 6.45) is 2.41. The zero-order valence-electron chi connectivity index (χ0n) is 14.0. The minimum atomic E-state index is -0.613. The highest BCUT2D eigenvalue weighted by Gasteiger charge is 2.35. The second-order valence-corrected chi connectivity index (χ2v) is 6.44. The van der Waals surface area contributed by atoms with Crippen molar-refractivity contribution in [1.29, 1.82) is 0 Å². The van der Waals surface area contributed by atoms with E-state index in [1.165, 1.54) is 12.3 Å². The van der Waals surface area contributed by atoms with E-state index >= 15 is 0 Å². The van der Waals surface area contributed by atoms with Crippen LogP contribution in [0.25, 0.3) is 11.0 Å². The van der Waals surface area contributed by atoms with Crippen LogP contribution in [-0.2, 0) is 0 Å². The number of hydrogen-bond donors (Lipinski definition) is 2. The van der Waals surface area contributed by atoms with Crippen molar-refractivity contribution in [2.24, 2.45) is 5.92 Å². The first-order valence-electron chi connectivity index (χ1n) is 7.98. The number of fused-ring (bicyclic) bond motifs is 1. The fourth-order valence-electron chi connectivity index (χ4n) is 3.35. The average molecular weight is 331 g/mol. The average Bonchev–Trinajstić information content (AvgIpc) is 2.98. The van der Waals surface area contributed by atoms with Gasteiger partial charge >= 0.3 is 5.69 Å². The zero-order chi connectivity index (χ0) is 17.4. The Morgan fingerprint density at radius 3 is 2.71 bits per heavy atom. The van der Waals surface area contributed by atoms with E-state index in [4.69, 9.17) is 0 Å². The summed E-state index contributed by atoms with van der Waals surface area (Å²) in [4.78, 5) is 48.6. The molecule has 1 amide bonds. The minimum Gasteiger partial charge on any atom is -0.337 e. The molecule has 0 bridgehead atoms. The maximum Gasteiger partial charge on any atom is 0.327 e. The molecule has 128 valence electrons. The predicted molar refractivity (Wildman–Crippen MR) is 90.1 cm³/mol. The van der Waals surface area contributed by atoms with Gasteiger partial charge < -0.3 is 9.80 Å². The van der Waals surface area contributed by atoms with Gasteiger partial charge in [-0.1, -0.05) is 13.3 Å². The lowest BCUT2D eigenvalue weighted by Crippen LogP contribution is -2.36. The van der Waals surface area contributed by atoms with Crippen molar-refractivity contribution in [2.45, 2.75) is 19.4 Å². The Bertz CT molecular complexity index is 885. The normalized spacial score (nSPS) is 20.9. The molecule has 8 nitrogen and oxygen atoms in total. The molecule has 2 aromatic heterocycles. The van der Waals surface area contributed by atoms with Crippen LogP contribution in [0.1, 0.15) is 23.7 Å². The summed E-state index contributed by atoms with van der Waals surface area (Å²) < 4.78 is 0. The van der Waals surface area contributed by atoms with Crippen LogP contribution in [0.5, 0.6) is 0 Å². The molecule has 1 aliphatic heterocycles. The van der Waals surface area contributed by atoms with Crippen LogP contribution in [0.15, 0.2) is 21.9 Å². The number of carbonyl (C=O) groups excluding carboxylic acids is 1. The van der Waals surface area contributed by atoms with Crippen LogP contribution in [0.4, 0.5) is 0 Å². The summed E-state index contributed by atoms with van der Waals surface area (Å²) in [5.41, 5.74) is -0.623. The molecule has 1 saturated heterocycles. The summed E-state index contributed by atoms with van der Waals surface area (Å²) in [7, 11) is 4.05. The Kier molecular flexibility index (Phi) is 4.23. The summed E-state index contributed by atoms with van der Waals surface area (Å²) >= 11 is 0. The van der Waals surface area contributed by atoms with Gasteiger partial charge in [0.05, 0.1) is 10.9 Å². The van der Waals surface area contributed by atoms with Crippen LogP contribution >= 0.6 is 0 Å². The molecule has 2 N–H and O–H groups in total. The van der Waals surface area contributed by atoms with E-state index < -0.39 is 11.2 Å². The molecule has 3 heterocycles. The van der Waals surface area contributed by atoms with Gasteiger partial charge in [0.2, 0.25) is 0 Å². The highest BCUT2D eigenvalue weighted by molar-refractivity contribution is 5.96. The first kappa shape index (κ1) is 16.4. The number of rotatable bonds is 3. The third-order valence-electron chi connectivity index (χ3n) is 4.72. The van der Waals surface area contributed by atoms with E-state index in [2.05, 4.69) is 26.8 Å².